The molecule has 106 valence electrons. The van der Waals surface area contributed by atoms with Crippen LogP contribution in [0.3, 0.4) is 0 Å². The minimum Gasteiger partial charge on any atom is -0.399 e. The highest BCUT2D eigenvalue weighted by atomic mass is 14.9. The number of fused-ring (bicyclic) bond motifs is 1. The molecule has 2 aromatic heterocycles. The molecule has 0 unspecified atom stereocenters. The Morgan fingerprint density at radius 1 is 1.10 bits per heavy atom. The fourth-order valence-corrected chi connectivity index (χ4v) is 2.45. The molecule has 0 radical (unpaired) electrons. The van der Waals surface area contributed by atoms with Crippen LogP contribution >= 0.6 is 0 Å². The number of aryl methyl sites for hydroxylation is 1. The number of benzene rings is 1. The molecule has 4 nitrogen and oxygen atoms in total. The van der Waals surface area contributed by atoms with Crippen molar-refractivity contribution in [2.45, 2.75) is 19.9 Å². The molecule has 2 heterocycles. The van der Waals surface area contributed by atoms with Crippen LogP contribution in [0.1, 0.15) is 18.2 Å². The monoisotopic (exact) mass is 278 g/mol. The lowest BCUT2D eigenvalue weighted by Crippen LogP contribution is -2.05. The minimum absolute atomic E-state index is 0.702. The van der Waals surface area contributed by atoms with E-state index in [1.165, 1.54) is 5.56 Å². The molecule has 0 spiro atoms. The van der Waals surface area contributed by atoms with E-state index in [9.17, 15) is 0 Å². The molecular formula is C17H18N4. The Balaban J connectivity index is 1.88. The molecule has 0 bridgehead atoms. The van der Waals surface area contributed by atoms with Crippen LogP contribution in [-0.2, 0) is 13.0 Å². The smallest absolute Gasteiger partial charge is 0.0743 e. The zero-order chi connectivity index (χ0) is 14.7. The van der Waals surface area contributed by atoms with Crippen molar-refractivity contribution < 1.29 is 0 Å². The Bertz CT molecular complexity index is 768. The third kappa shape index (κ3) is 2.79. The first-order valence-corrected chi connectivity index (χ1v) is 7.09. The zero-order valence-electron chi connectivity index (χ0n) is 12.0. The Hall–Kier alpha value is -2.62. The quantitative estimate of drug-likeness (QED) is 0.718. The number of nitrogens with one attached hydrogen (secondary N) is 1. The lowest BCUT2D eigenvalue weighted by molar-refractivity contribution is 0.973. The lowest BCUT2D eigenvalue weighted by atomic mass is 10.1. The molecule has 0 fully saturated rings. The van der Waals surface area contributed by atoms with Crippen molar-refractivity contribution >= 4 is 22.3 Å². The number of hydrogen-bond acceptors (Lipinski definition) is 4. The van der Waals surface area contributed by atoms with E-state index in [0.717, 1.165) is 34.4 Å². The molecule has 0 atom stereocenters. The van der Waals surface area contributed by atoms with Crippen molar-refractivity contribution in [3.05, 3.63) is 60.0 Å². The van der Waals surface area contributed by atoms with Crippen LogP contribution in [0.5, 0.6) is 0 Å². The van der Waals surface area contributed by atoms with Crippen molar-refractivity contribution in [1.29, 1.82) is 0 Å². The van der Waals surface area contributed by atoms with E-state index in [2.05, 4.69) is 28.3 Å². The summed E-state index contributed by atoms with van der Waals surface area (Å²) in [6.07, 6.45) is 4.61. The number of rotatable bonds is 4. The second-order valence-corrected chi connectivity index (χ2v) is 4.95. The van der Waals surface area contributed by atoms with Crippen LogP contribution in [0.4, 0.5) is 11.4 Å². The maximum atomic E-state index is 5.81. The Kier molecular flexibility index (Phi) is 3.69. The fraction of sp³-hybridized carbons (Fsp3) is 0.176. The van der Waals surface area contributed by atoms with Gasteiger partial charge in [0.25, 0.3) is 0 Å². The summed E-state index contributed by atoms with van der Waals surface area (Å²) in [7, 11) is 0. The van der Waals surface area contributed by atoms with Gasteiger partial charge in [-0.3, -0.25) is 9.97 Å². The summed E-state index contributed by atoms with van der Waals surface area (Å²) in [5.74, 6) is 0. The second kappa shape index (κ2) is 5.79. The molecule has 0 saturated heterocycles. The highest BCUT2D eigenvalue weighted by Crippen LogP contribution is 2.24. The summed E-state index contributed by atoms with van der Waals surface area (Å²) in [6, 6.07) is 11.9. The molecule has 3 rings (SSSR count). The predicted octanol–water partition coefficient (Wildman–Crippen LogP) is 3.39. The van der Waals surface area contributed by atoms with Gasteiger partial charge >= 0.3 is 0 Å². The molecule has 21 heavy (non-hydrogen) atoms. The average Bonchev–Trinajstić information content (AvgIpc) is 2.52. The van der Waals surface area contributed by atoms with Crippen LogP contribution in [0.15, 0.2) is 48.8 Å². The van der Waals surface area contributed by atoms with Gasteiger partial charge in [0.2, 0.25) is 0 Å². The predicted molar refractivity (Wildman–Crippen MR) is 87.1 cm³/mol. The van der Waals surface area contributed by atoms with Crippen molar-refractivity contribution in [3.63, 3.8) is 0 Å². The third-order valence-electron chi connectivity index (χ3n) is 3.58. The number of hydrogen-bond donors (Lipinski definition) is 2. The topological polar surface area (TPSA) is 63.8 Å². The third-order valence-corrected chi connectivity index (χ3v) is 3.58. The molecular weight excluding hydrogens is 260 g/mol. The van der Waals surface area contributed by atoms with E-state index in [1.807, 2.05) is 36.5 Å². The van der Waals surface area contributed by atoms with Gasteiger partial charge in [-0.25, -0.2) is 0 Å². The lowest BCUT2D eigenvalue weighted by Gasteiger charge is -2.11. The Morgan fingerprint density at radius 3 is 2.86 bits per heavy atom. The molecule has 0 saturated carbocycles. The average molecular weight is 278 g/mol. The Labute approximate surface area is 124 Å². The highest BCUT2D eigenvalue weighted by molar-refractivity contribution is 5.92. The number of nitrogens with two attached hydrogens (primary N) is 1. The van der Waals surface area contributed by atoms with Crippen LogP contribution < -0.4 is 11.1 Å². The zero-order valence-corrected chi connectivity index (χ0v) is 12.0. The normalized spacial score (nSPS) is 10.7. The number of nitrogen functional groups attached to an aromatic ring is 1. The van der Waals surface area contributed by atoms with E-state index < -0.39 is 0 Å². The number of pyridine rings is 2. The standard InChI is InChI=1S/C17H18N4/c1-2-12-4-3-8-19-17(12)11-21-15-7-9-20-16-10-13(18)5-6-14(15)16/h3-10H,2,11,18H2,1H3,(H,20,21). The molecule has 1 aromatic carbocycles. The van der Waals surface area contributed by atoms with Gasteiger partial charge in [0.05, 0.1) is 17.8 Å². The summed E-state index contributed by atoms with van der Waals surface area (Å²) in [5.41, 5.74) is 10.8. The van der Waals surface area contributed by atoms with E-state index in [-0.39, 0.29) is 0 Å². The van der Waals surface area contributed by atoms with Crippen LogP contribution in [0.25, 0.3) is 10.9 Å². The molecule has 3 aromatic rings. The second-order valence-electron chi connectivity index (χ2n) is 4.95. The van der Waals surface area contributed by atoms with Crippen LogP contribution in [0.2, 0.25) is 0 Å². The van der Waals surface area contributed by atoms with Gasteiger partial charge in [-0.15, -0.1) is 0 Å². The SMILES string of the molecule is CCc1cccnc1CNc1ccnc2cc(N)ccc12. The van der Waals surface area contributed by atoms with E-state index in [4.69, 9.17) is 5.73 Å². The van der Waals surface area contributed by atoms with Gasteiger partial charge in [-0.05, 0) is 42.3 Å². The molecule has 4 heteroatoms. The van der Waals surface area contributed by atoms with Crippen molar-refractivity contribution in [2.24, 2.45) is 0 Å². The molecule has 3 N–H and O–H groups in total. The van der Waals surface area contributed by atoms with Crippen molar-refractivity contribution in [1.82, 2.24) is 9.97 Å². The largest absolute Gasteiger partial charge is 0.399 e. The number of anilines is 2. The minimum atomic E-state index is 0.702. The van der Waals surface area contributed by atoms with Gasteiger partial charge in [0.15, 0.2) is 0 Å². The van der Waals surface area contributed by atoms with Gasteiger partial charge < -0.3 is 11.1 Å². The van der Waals surface area contributed by atoms with Gasteiger partial charge in [0, 0.05) is 29.2 Å². The van der Waals surface area contributed by atoms with Gasteiger partial charge in [0.1, 0.15) is 0 Å². The fourth-order valence-electron chi connectivity index (χ4n) is 2.45. The summed E-state index contributed by atoms with van der Waals surface area (Å²) < 4.78 is 0. The number of nitrogens with zero attached hydrogens (tertiary/aromatic N) is 2. The van der Waals surface area contributed by atoms with Crippen molar-refractivity contribution in [3.8, 4) is 0 Å². The summed E-state index contributed by atoms with van der Waals surface area (Å²) in [4.78, 5) is 8.82. The van der Waals surface area contributed by atoms with E-state index in [0.29, 0.717) is 6.54 Å². The maximum Gasteiger partial charge on any atom is 0.0743 e. The summed E-state index contributed by atoms with van der Waals surface area (Å²) in [6.45, 7) is 2.85. The first-order valence-electron chi connectivity index (χ1n) is 7.09. The van der Waals surface area contributed by atoms with Gasteiger partial charge in [-0.1, -0.05) is 13.0 Å². The molecule has 0 aliphatic carbocycles. The number of aromatic nitrogens is 2. The molecule has 0 amide bonds. The van der Waals surface area contributed by atoms with Gasteiger partial charge in [-0.2, -0.15) is 0 Å². The van der Waals surface area contributed by atoms with Crippen LogP contribution in [0, 0.1) is 0 Å². The first-order chi connectivity index (χ1) is 10.3. The maximum absolute atomic E-state index is 5.81. The first kappa shape index (κ1) is 13.4. The van der Waals surface area contributed by atoms with Crippen LogP contribution in [-0.4, -0.2) is 9.97 Å². The van der Waals surface area contributed by atoms with Crippen molar-refractivity contribution in [2.75, 3.05) is 11.1 Å². The summed E-state index contributed by atoms with van der Waals surface area (Å²) in [5, 5.41) is 4.52. The molecule has 0 aliphatic rings. The highest BCUT2D eigenvalue weighted by Gasteiger charge is 2.05. The Morgan fingerprint density at radius 2 is 2.00 bits per heavy atom. The summed E-state index contributed by atoms with van der Waals surface area (Å²) >= 11 is 0. The van der Waals surface area contributed by atoms with E-state index >= 15 is 0 Å². The van der Waals surface area contributed by atoms with E-state index in [1.54, 1.807) is 6.20 Å². The molecule has 0 aliphatic heterocycles.